The van der Waals surface area contributed by atoms with E-state index in [0.29, 0.717) is 44.4 Å². The topological polar surface area (TPSA) is 51.1 Å². The Kier molecular flexibility index (Phi) is 6.81. The van der Waals surface area contributed by atoms with Crippen molar-refractivity contribution in [3.8, 4) is 0 Å². The smallest absolute Gasteiger partial charge is 0.392 e. The van der Waals surface area contributed by atoms with Crippen LogP contribution in [0.1, 0.15) is 16.7 Å². The van der Waals surface area contributed by atoms with Gasteiger partial charge >= 0.3 is 6.18 Å². The quantitative estimate of drug-likeness (QED) is 0.450. The number of nitrogens with zero attached hydrogens (tertiary/aromatic N) is 3. The van der Waals surface area contributed by atoms with E-state index < -0.39 is 17.6 Å². The van der Waals surface area contributed by atoms with Crippen LogP contribution in [0.4, 0.5) is 23.2 Å². The number of aliphatic hydroxyl groups is 1. The molecule has 30 heavy (non-hydrogen) atoms. The Balaban J connectivity index is 1.58. The second kappa shape index (κ2) is 9.34. The van der Waals surface area contributed by atoms with Gasteiger partial charge in [-0.3, -0.25) is 4.99 Å². The Labute approximate surface area is 172 Å². The van der Waals surface area contributed by atoms with Crippen molar-refractivity contribution in [3.05, 3.63) is 65.0 Å². The number of nitrogens with one attached hydrogen (secondary N) is 1. The Morgan fingerprint density at radius 1 is 1.10 bits per heavy atom. The molecule has 0 saturated carbocycles. The van der Waals surface area contributed by atoms with E-state index in [2.05, 4.69) is 10.3 Å². The molecule has 0 bridgehead atoms. The Bertz CT molecular complexity index is 893. The molecule has 1 fully saturated rings. The van der Waals surface area contributed by atoms with Crippen molar-refractivity contribution in [3.63, 3.8) is 0 Å². The number of piperazine rings is 1. The average molecular weight is 424 g/mol. The van der Waals surface area contributed by atoms with Crippen LogP contribution in [0.25, 0.3) is 0 Å². The first-order valence-electron chi connectivity index (χ1n) is 9.58. The number of hydrogen-bond acceptors (Lipinski definition) is 3. The molecule has 3 rings (SSSR count). The maximum absolute atomic E-state index is 13.5. The molecule has 1 heterocycles. The fraction of sp³-hybridized carbons (Fsp3) is 0.381. The molecule has 0 spiro atoms. The molecule has 2 N–H and O–H groups in total. The molecule has 2 aromatic carbocycles. The number of halogens is 4. The molecular weight excluding hydrogens is 400 g/mol. The summed E-state index contributed by atoms with van der Waals surface area (Å²) in [4.78, 5) is 8.22. The number of anilines is 1. The molecule has 162 valence electrons. The van der Waals surface area contributed by atoms with Gasteiger partial charge in [0, 0.05) is 51.0 Å². The van der Waals surface area contributed by atoms with E-state index in [0.717, 1.165) is 11.6 Å². The van der Waals surface area contributed by atoms with Crippen LogP contribution in [0.3, 0.4) is 0 Å². The number of benzene rings is 2. The number of hydrogen-bond donors (Lipinski definition) is 2. The van der Waals surface area contributed by atoms with E-state index in [-0.39, 0.29) is 12.2 Å². The molecule has 5 nitrogen and oxygen atoms in total. The van der Waals surface area contributed by atoms with Crippen molar-refractivity contribution in [1.29, 1.82) is 0 Å². The number of rotatable bonds is 4. The summed E-state index contributed by atoms with van der Waals surface area (Å²) < 4.78 is 52.4. The van der Waals surface area contributed by atoms with Crippen LogP contribution in [-0.2, 0) is 19.3 Å². The predicted molar refractivity (Wildman–Crippen MR) is 108 cm³/mol. The molecule has 1 aliphatic heterocycles. The lowest BCUT2D eigenvalue weighted by molar-refractivity contribution is -0.137. The second-order valence-corrected chi connectivity index (χ2v) is 7.01. The molecule has 1 saturated heterocycles. The maximum Gasteiger partial charge on any atom is 0.416 e. The minimum Gasteiger partial charge on any atom is -0.392 e. The van der Waals surface area contributed by atoms with E-state index in [1.54, 1.807) is 25.2 Å². The van der Waals surface area contributed by atoms with Crippen molar-refractivity contribution in [2.24, 2.45) is 4.99 Å². The molecule has 0 aliphatic carbocycles. The van der Waals surface area contributed by atoms with Crippen LogP contribution in [0.15, 0.2) is 47.5 Å². The van der Waals surface area contributed by atoms with Gasteiger partial charge in [0.1, 0.15) is 5.82 Å². The highest BCUT2D eigenvalue weighted by Gasteiger charge is 2.31. The number of aliphatic hydroxyl groups excluding tert-OH is 1. The summed E-state index contributed by atoms with van der Waals surface area (Å²) in [6.45, 7) is 2.36. The normalized spacial score (nSPS) is 15.5. The minimum absolute atomic E-state index is 0.235. The van der Waals surface area contributed by atoms with E-state index in [1.807, 2.05) is 9.80 Å². The molecule has 0 aromatic heterocycles. The number of alkyl halides is 3. The monoisotopic (exact) mass is 424 g/mol. The summed E-state index contributed by atoms with van der Waals surface area (Å²) in [5, 5.41) is 12.4. The first-order valence-corrected chi connectivity index (χ1v) is 9.58. The zero-order valence-corrected chi connectivity index (χ0v) is 16.6. The molecule has 2 aromatic rings. The number of aliphatic imine (C=N–C) groups is 1. The first-order chi connectivity index (χ1) is 14.3. The van der Waals surface area contributed by atoms with Gasteiger partial charge in [0.05, 0.1) is 12.2 Å². The van der Waals surface area contributed by atoms with Gasteiger partial charge in [-0.15, -0.1) is 0 Å². The van der Waals surface area contributed by atoms with Crippen LogP contribution in [0, 0.1) is 5.82 Å². The summed E-state index contributed by atoms with van der Waals surface area (Å²) in [7, 11) is 1.66. The largest absolute Gasteiger partial charge is 0.416 e. The van der Waals surface area contributed by atoms with Gasteiger partial charge in [-0.25, -0.2) is 4.39 Å². The third-order valence-corrected chi connectivity index (χ3v) is 5.06. The first kappa shape index (κ1) is 21.9. The van der Waals surface area contributed by atoms with Crippen LogP contribution in [0.5, 0.6) is 0 Å². The fourth-order valence-corrected chi connectivity index (χ4v) is 3.43. The van der Waals surface area contributed by atoms with E-state index in [4.69, 9.17) is 0 Å². The van der Waals surface area contributed by atoms with Crippen molar-refractivity contribution in [1.82, 2.24) is 10.2 Å². The minimum atomic E-state index is -4.36. The lowest BCUT2D eigenvalue weighted by Gasteiger charge is -2.37. The Hall–Kier alpha value is -2.81. The highest BCUT2D eigenvalue weighted by Crippen LogP contribution is 2.31. The van der Waals surface area contributed by atoms with Crippen molar-refractivity contribution < 1.29 is 22.7 Å². The van der Waals surface area contributed by atoms with Crippen molar-refractivity contribution in [2.45, 2.75) is 19.3 Å². The summed E-state index contributed by atoms with van der Waals surface area (Å²) in [6.07, 6.45) is -4.36. The van der Waals surface area contributed by atoms with Crippen molar-refractivity contribution >= 4 is 11.6 Å². The number of guanidine groups is 1. The summed E-state index contributed by atoms with van der Waals surface area (Å²) in [5.74, 6) is 0.213. The van der Waals surface area contributed by atoms with Gasteiger partial charge in [0.15, 0.2) is 5.96 Å². The van der Waals surface area contributed by atoms with Crippen LogP contribution in [0.2, 0.25) is 0 Å². The highest BCUT2D eigenvalue weighted by atomic mass is 19.4. The van der Waals surface area contributed by atoms with Gasteiger partial charge in [-0.2, -0.15) is 13.2 Å². The SMILES string of the molecule is CN=C(NCc1ccc(F)c(CO)c1)N1CCN(c2cccc(C(F)(F)F)c2)CC1. The van der Waals surface area contributed by atoms with E-state index in [9.17, 15) is 22.7 Å². The third kappa shape index (κ3) is 5.21. The van der Waals surface area contributed by atoms with Gasteiger partial charge in [-0.05, 0) is 35.9 Å². The van der Waals surface area contributed by atoms with E-state index >= 15 is 0 Å². The molecule has 1 aliphatic rings. The summed E-state index contributed by atoms with van der Waals surface area (Å²) in [6, 6.07) is 9.92. The fourth-order valence-electron chi connectivity index (χ4n) is 3.43. The van der Waals surface area contributed by atoms with Crippen LogP contribution < -0.4 is 10.2 Å². The van der Waals surface area contributed by atoms with E-state index in [1.165, 1.54) is 18.2 Å². The lowest BCUT2D eigenvalue weighted by atomic mass is 10.1. The van der Waals surface area contributed by atoms with Gasteiger partial charge in [0.25, 0.3) is 0 Å². The van der Waals surface area contributed by atoms with Gasteiger partial charge < -0.3 is 20.2 Å². The average Bonchev–Trinajstić information content (AvgIpc) is 2.75. The van der Waals surface area contributed by atoms with Gasteiger partial charge in [-0.1, -0.05) is 12.1 Å². The molecule has 0 radical (unpaired) electrons. The lowest BCUT2D eigenvalue weighted by Crippen LogP contribution is -2.52. The second-order valence-electron chi connectivity index (χ2n) is 7.01. The third-order valence-electron chi connectivity index (χ3n) is 5.06. The molecule has 0 unspecified atom stereocenters. The Morgan fingerprint density at radius 3 is 2.47 bits per heavy atom. The maximum atomic E-state index is 13.5. The zero-order chi connectivity index (χ0) is 21.7. The summed E-state index contributed by atoms with van der Waals surface area (Å²) >= 11 is 0. The molecule has 0 atom stereocenters. The molecular formula is C21H24F4N4O. The highest BCUT2D eigenvalue weighted by molar-refractivity contribution is 5.80. The zero-order valence-electron chi connectivity index (χ0n) is 16.6. The van der Waals surface area contributed by atoms with Crippen molar-refractivity contribution in [2.75, 3.05) is 38.1 Å². The molecule has 9 heteroatoms. The summed E-state index contributed by atoms with van der Waals surface area (Å²) in [5.41, 5.74) is 0.944. The van der Waals surface area contributed by atoms with Crippen LogP contribution >= 0.6 is 0 Å². The predicted octanol–water partition coefficient (Wildman–Crippen LogP) is 3.23. The molecule has 0 amide bonds. The van der Waals surface area contributed by atoms with Gasteiger partial charge in [0.2, 0.25) is 0 Å². The Morgan fingerprint density at radius 2 is 1.83 bits per heavy atom. The van der Waals surface area contributed by atoms with Crippen LogP contribution in [-0.4, -0.2) is 49.2 Å². The standard InChI is InChI=1S/C21H24F4N4O/c1-26-20(27-13-15-5-6-19(22)16(11-15)14-30)29-9-7-28(8-10-29)18-4-2-3-17(12-18)21(23,24)25/h2-6,11-12,30H,7-10,13-14H2,1H3,(H,26,27).